The third-order valence-corrected chi connectivity index (χ3v) is 7.10. The number of carbonyl (C=O) groups excluding carboxylic acids is 1. The molecular formula is C19H28N2O4S. The fourth-order valence-electron chi connectivity index (χ4n) is 5.36. The lowest BCUT2D eigenvalue weighted by Crippen LogP contribution is -2.55. The van der Waals surface area contributed by atoms with Gasteiger partial charge in [0.15, 0.2) is 0 Å². The van der Waals surface area contributed by atoms with Crippen molar-refractivity contribution < 1.29 is 19.2 Å². The summed E-state index contributed by atoms with van der Waals surface area (Å²) >= 11 is 1.50. The van der Waals surface area contributed by atoms with E-state index in [1.54, 1.807) is 0 Å². The Bertz CT molecular complexity index is 632. The molecule has 0 aromatic carbocycles. The van der Waals surface area contributed by atoms with Crippen molar-refractivity contribution in [3.05, 3.63) is 5.76 Å². The Balaban J connectivity index is 1.50. The number of nitrogens with zero attached hydrogens (tertiary/aromatic N) is 1. The van der Waals surface area contributed by atoms with Gasteiger partial charge in [-0.25, -0.2) is 0 Å². The van der Waals surface area contributed by atoms with Crippen molar-refractivity contribution in [1.82, 2.24) is 10.5 Å². The number of aliphatic hydroxyl groups excluding tert-OH is 1. The zero-order chi connectivity index (χ0) is 18.3. The first-order chi connectivity index (χ1) is 12.5. The van der Waals surface area contributed by atoms with E-state index in [9.17, 15) is 4.79 Å². The summed E-state index contributed by atoms with van der Waals surface area (Å²) in [6.45, 7) is 4.13. The lowest BCUT2D eigenvalue weighted by atomic mass is 9.54. The minimum atomic E-state index is -0.183. The number of rotatable bonds is 7. The van der Waals surface area contributed by atoms with Crippen molar-refractivity contribution in [1.29, 1.82) is 0 Å². The van der Waals surface area contributed by atoms with Gasteiger partial charge in [-0.2, -0.15) is 0 Å². The Hall–Kier alpha value is -1.21. The van der Waals surface area contributed by atoms with E-state index in [1.165, 1.54) is 43.9 Å². The highest BCUT2D eigenvalue weighted by Crippen LogP contribution is 2.53. The van der Waals surface area contributed by atoms with E-state index in [1.807, 2.05) is 13.8 Å². The Morgan fingerprint density at radius 2 is 1.92 bits per heavy atom. The molecule has 4 saturated carbocycles. The molecule has 1 aromatic heterocycles. The van der Waals surface area contributed by atoms with Crippen molar-refractivity contribution in [3.8, 4) is 5.88 Å². The molecule has 0 radical (unpaired) electrons. The molecule has 26 heavy (non-hydrogen) atoms. The lowest BCUT2D eigenvalue weighted by Gasteiger charge is -2.54. The normalized spacial score (nSPS) is 32.2. The highest BCUT2D eigenvalue weighted by Gasteiger charge is 2.49. The molecule has 0 unspecified atom stereocenters. The molecule has 1 aromatic rings. The van der Waals surface area contributed by atoms with Crippen LogP contribution in [0, 0.1) is 23.7 Å². The summed E-state index contributed by atoms with van der Waals surface area (Å²) in [6, 6.07) is 0.263. The summed E-state index contributed by atoms with van der Waals surface area (Å²) in [5.41, 5.74) is 0. The molecule has 0 atom stereocenters. The van der Waals surface area contributed by atoms with Gasteiger partial charge < -0.3 is 19.7 Å². The van der Waals surface area contributed by atoms with Gasteiger partial charge in [-0.1, -0.05) is 13.8 Å². The van der Waals surface area contributed by atoms with Crippen LogP contribution in [0.15, 0.2) is 9.42 Å². The summed E-state index contributed by atoms with van der Waals surface area (Å²) < 4.78 is 10.8. The van der Waals surface area contributed by atoms with E-state index >= 15 is 0 Å². The first kappa shape index (κ1) is 18.2. The van der Waals surface area contributed by atoms with Gasteiger partial charge in [-0.3, -0.25) is 4.79 Å². The number of carbonyl (C=O) groups is 1. The van der Waals surface area contributed by atoms with E-state index in [4.69, 9.17) is 14.4 Å². The van der Waals surface area contributed by atoms with E-state index in [0.717, 1.165) is 11.8 Å². The quantitative estimate of drug-likeness (QED) is 0.707. The first-order valence-corrected chi connectivity index (χ1v) is 10.6. The lowest BCUT2D eigenvalue weighted by molar-refractivity contribution is -0.0124. The van der Waals surface area contributed by atoms with Gasteiger partial charge in [-0.15, -0.1) is 11.8 Å². The molecule has 4 fully saturated rings. The maximum Gasteiger partial charge on any atom is 0.291 e. The fourth-order valence-corrected chi connectivity index (χ4v) is 6.27. The predicted octanol–water partition coefficient (Wildman–Crippen LogP) is 3.10. The van der Waals surface area contributed by atoms with E-state index in [2.05, 4.69) is 10.5 Å². The van der Waals surface area contributed by atoms with Crippen molar-refractivity contribution in [2.75, 3.05) is 13.2 Å². The van der Waals surface area contributed by atoms with Gasteiger partial charge in [-0.05, 0) is 60.9 Å². The van der Waals surface area contributed by atoms with Crippen molar-refractivity contribution in [2.24, 2.45) is 23.7 Å². The first-order valence-electron chi connectivity index (χ1n) is 9.76. The van der Waals surface area contributed by atoms with Gasteiger partial charge in [0.05, 0.1) is 6.61 Å². The van der Waals surface area contributed by atoms with Crippen molar-refractivity contribution >= 4 is 17.7 Å². The maximum absolute atomic E-state index is 13.0. The van der Waals surface area contributed by atoms with Crippen molar-refractivity contribution in [2.45, 2.75) is 62.1 Å². The number of amides is 1. The van der Waals surface area contributed by atoms with E-state index < -0.39 is 0 Å². The molecule has 7 heteroatoms. The summed E-state index contributed by atoms with van der Waals surface area (Å²) in [5, 5.41) is 16.4. The molecule has 0 saturated heterocycles. The fraction of sp³-hybridized carbons (Fsp3) is 0.789. The van der Waals surface area contributed by atoms with Gasteiger partial charge in [0.2, 0.25) is 5.76 Å². The summed E-state index contributed by atoms with van der Waals surface area (Å²) in [6.07, 6.45) is 6.43. The van der Waals surface area contributed by atoms with Gasteiger partial charge >= 0.3 is 0 Å². The van der Waals surface area contributed by atoms with Crippen LogP contribution in [-0.2, 0) is 0 Å². The van der Waals surface area contributed by atoms with E-state index in [-0.39, 0.29) is 36.2 Å². The van der Waals surface area contributed by atoms with E-state index in [0.29, 0.717) is 22.6 Å². The van der Waals surface area contributed by atoms with Gasteiger partial charge in [0, 0.05) is 11.3 Å². The van der Waals surface area contributed by atoms with Crippen LogP contribution >= 0.6 is 11.8 Å². The second kappa shape index (κ2) is 7.43. The van der Waals surface area contributed by atoms with Crippen LogP contribution in [0.25, 0.3) is 0 Å². The minimum Gasteiger partial charge on any atom is -0.472 e. The van der Waals surface area contributed by atoms with Crippen LogP contribution in [0.2, 0.25) is 0 Å². The Kier molecular flexibility index (Phi) is 5.19. The topological polar surface area (TPSA) is 84.6 Å². The molecule has 144 valence electrons. The zero-order valence-electron chi connectivity index (χ0n) is 15.4. The van der Waals surface area contributed by atoms with Crippen LogP contribution in [0.5, 0.6) is 5.88 Å². The molecule has 1 heterocycles. The number of aromatic nitrogens is 1. The Labute approximate surface area is 158 Å². The SMILES string of the molecule is CC(C)Sc1c(OCCO)noc1C(=O)NC1C2CC3CC(C2)CC1C3. The van der Waals surface area contributed by atoms with Gasteiger partial charge in [0.1, 0.15) is 11.5 Å². The van der Waals surface area contributed by atoms with Crippen LogP contribution in [-0.4, -0.2) is 40.7 Å². The monoisotopic (exact) mass is 380 g/mol. The number of ether oxygens (including phenoxy) is 1. The third kappa shape index (κ3) is 3.48. The molecule has 1 amide bonds. The molecule has 6 nitrogen and oxygen atoms in total. The number of thioether (sulfide) groups is 1. The summed E-state index contributed by atoms with van der Waals surface area (Å²) in [4.78, 5) is 13.6. The molecule has 0 spiro atoms. The Morgan fingerprint density at radius 1 is 1.27 bits per heavy atom. The smallest absolute Gasteiger partial charge is 0.291 e. The molecular weight excluding hydrogens is 352 g/mol. The number of aliphatic hydroxyl groups is 1. The zero-order valence-corrected chi connectivity index (χ0v) is 16.3. The average Bonchev–Trinajstić information content (AvgIpc) is 2.97. The van der Waals surface area contributed by atoms with Crippen LogP contribution in [0.1, 0.15) is 56.5 Å². The van der Waals surface area contributed by atoms with Gasteiger partial charge in [0.25, 0.3) is 11.8 Å². The number of hydrogen-bond donors (Lipinski definition) is 2. The summed E-state index contributed by atoms with van der Waals surface area (Å²) in [5.74, 6) is 3.34. The van der Waals surface area contributed by atoms with Crippen LogP contribution in [0.4, 0.5) is 0 Å². The minimum absolute atomic E-state index is 0.103. The summed E-state index contributed by atoms with van der Waals surface area (Å²) in [7, 11) is 0. The highest BCUT2D eigenvalue weighted by atomic mass is 32.2. The molecule has 4 aliphatic carbocycles. The molecule has 2 N–H and O–H groups in total. The molecule has 0 aliphatic heterocycles. The van der Waals surface area contributed by atoms with Crippen LogP contribution < -0.4 is 10.1 Å². The second-order valence-corrected chi connectivity index (χ2v) is 9.90. The third-order valence-electron chi connectivity index (χ3n) is 6.03. The molecule has 5 rings (SSSR count). The molecule has 4 bridgehead atoms. The second-order valence-electron chi connectivity index (χ2n) is 8.31. The standard InChI is InChI=1S/C19H28N2O4S/c1-10(2)26-17-16(25-21-19(17)24-4-3-22)18(23)20-15-13-6-11-5-12(8-13)9-14(15)7-11/h10-15,22H,3-9H2,1-2H3,(H,20,23). The largest absolute Gasteiger partial charge is 0.472 e. The molecule has 4 aliphatic rings. The van der Waals surface area contributed by atoms with Crippen molar-refractivity contribution in [3.63, 3.8) is 0 Å². The maximum atomic E-state index is 13.0. The number of nitrogens with one attached hydrogen (secondary N) is 1. The predicted molar refractivity (Wildman–Crippen MR) is 98.4 cm³/mol. The average molecular weight is 381 g/mol. The Morgan fingerprint density at radius 3 is 2.50 bits per heavy atom. The number of hydrogen-bond acceptors (Lipinski definition) is 6. The highest BCUT2D eigenvalue weighted by molar-refractivity contribution is 8.00. The van der Waals surface area contributed by atoms with Crippen LogP contribution in [0.3, 0.4) is 0 Å².